The van der Waals surface area contributed by atoms with E-state index >= 15 is 0 Å². The van der Waals surface area contributed by atoms with E-state index in [1.54, 1.807) is 38.4 Å². The van der Waals surface area contributed by atoms with E-state index in [9.17, 15) is 19.5 Å². The molecule has 186 valence electrons. The molecule has 10 nitrogen and oxygen atoms in total. The standard InChI is InChI=1S/C25H30N4O6/c1-15-18(16(2)27-20(15)25(33)34-3)22(30)19-21(17-5-7-26-8-6-17)29(24(32)23(19)31)10-4-9-28-11-13-35-14-12-28/h5-8,21,27,30H,4,9-14H2,1-3H3/b22-19+. The number of H-pyrrole nitrogens is 1. The Morgan fingerprint density at radius 3 is 2.60 bits per heavy atom. The fourth-order valence-corrected chi connectivity index (χ4v) is 4.93. The van der Waals surface area contributed by atoms with Crippen LogP contribution in [0.25, 0.3) is 5.76 Å². The summed E-state index contributed by atoms with van der Waals surface area (Å²) in [4.78, 5) is 48.3. The molecule has 0 saturated carbocycles. The highest BCUT2D eigenvalue weighted by Gasteiger charge is 2.44. The van der Waals surface area contributed by atoms with Crippen molar-refractivity contribution < 1.29 is 33.9 Å². The van der Waals surface area contributed by atoms with Crippen LogP contribution in [0.3, 0.4) is 0 Å². The number of hydrogen-bond donors (Lipinski definition) is 2. The number of nitrogens with one attached hydrogen (secondary N) is 2. The van der Waals surface area contributed by atoms with Crippen molar-refractivity contribution >= 4 is 23.4 Å². The second-order valence-corrected chi connectivity index (χ2v) is 8.84. The molecule has 10 heteroatoms. The number of rotatable bonds is 7. The van der Waals surface area contributed by atoms with Gasteiger partial charge >= 0.3 is 5.97 Å². The fraction of sp³-hybridized carbons (Fsp3) is 0.440. The van der Waals surface area contributed by atoms with Crippen molar-refractivity contribution in [3.8, 4) is 0 Å². The Morgan fingerprint density at radius 1 is 1.26 bits per heavy atom. The summed E-state index contributed by atoms with van der Waals surface area (Å²) in [6, 6.07) is 2.60. The van der Waals surface area contributed by atoms with Crippen molar-refractivity contribution in [3.63, 3.8) is 0 Å². The monoisotopic (exact) mass is 482 g/mol. The maximum Gasteiger partial charge on any atom is 0.354 e. The third-order valence-corrected chi connectivity index (χ3v) is 6.73. The number of aromatic nitrogens is 2. The van der Waals surface area contributed by atoms with E-state index in [4.69, 9.17) is 9.47 Å². The summed E-state index contributed by atoms with van der Waals surface area (Å²) in [6.07, 6.45) is 3.83. The van der Waals surface area contributed by atoms with Crippen LogP contribution in [0.1, 0.15) is 45.3 Å². The van der Waals surface area contributed by atoms with Gasteiger partial charge in [-0.1, -0.05) is 5.76 Å². The second kappa shape index (κ2) is 10.4. The van der Waals surface area contributed by atoms with Gasteiger partial charge in [-0.2, -0.15) is 0 Å². The number of amides is 1. The molecule has 2 N–H and O–H groups in total. The quantitative estimate of drug-likeness (QED) is 0.232. The first kappa shape index (κ1) is 24.6. The number of methoxy groups -OCH3 is 1. The van der Waals surface area contributed by atoms with Crippen molar-refractivity contribution in [1.29, 1.82) is 0 Å². The minimum atomic E-state index is -0.819. The van der Waals surface area contributed by atoms with Gasteiger partial charge in [0.25, 0.3) is 5.91 Å². The Morgan fingerprint density at radius 2 is 1.94 bits per heavy atom. The van der Waals surface area contributed by atoms with E-state index in [1.807, 2.05) is 0 Å². The highest BCUT2D eigenvalue weighted by molar-refractivity contribution is 6.46. The van der Waals surface area contributed by atoms with Gasteiger partial charge in [0.1, 0.15) is 18.8 Å². The smallest absolute Gasteiger partial charge is 0.354 e. The molecule has 2 aromatic heterocycles. The molecule has 0 aliphatic carbocycles. The SMILES string of the molecule is COC(=O)c1[nH]c(C)c(/C([O-])=C2\C(=O)C(=O)N(CCC[NH+]3CCOCC3)C2c2ccncc2)c1C. The molecule has 0 radical (unpaired) electrons. The first-order chi connectivity index (χ1) is 16.8. The molecule has 1 amide bonds. The summed E-state index contributed by atoms with van der Waals surface area (Å²) in [5, 5.41) is 13.8. The zero-order valence-corrected chi connectivity index (χ0v) is 20.2. The summed E-state index contributed by atoms with van der Waals surface area (Å²) in [7, 11) is 1.25. The van der Waals surface area contributed by atoms with Crippen LogP contribution >= 0.6 is 0 Å². The zero-order valence-electron chi connectivity index (χ0n) is 20.2. The Bertz CT molecular complexity index is 1150. The molecule has 2 fully saturated rings. The van der Waals surface area contributed by atoms with Crippen molar-refractivity contribution in [2.24, 2.45) is 0 Å². The van der Waals surface area contributed by atoms with Gasteiger partial charge in [0, 0.05) is 36.6 Å². The van der Waals surface area contributed by atoms with Crippen LogP contribution in [0.5, 0.6) is 0 Å². The third-order valence-electron chi connectivity index (χ3n) is 6.73. The molecular formula is C25H30N4O6. The van der Waals surface area contributed by atoms with Gasteiger partial charge in [0.05, 0.1) is 32.9 Å². The molecule has 2 aliphatic rings. The molecule has 2 aliphatic heterocycles. The molecule has 1 unspecified atom stereocenters. The molecule has 2 saturated heterocycles. The average molecular weight is 483 g/mol. The number of aryl methyl sites for hydroxylation is 1. The predicted octanol–water partition coefficient (Wildman–Crippen LogP) is -0.658. The summed E-state index contributed by atoms with van der Waals surface area (Å²) in [5.74, 6) is -2.67. The molecule has 4 rings (SSSR count). The lowest BCUT2D eigenvalue weighted by molar-refractivity contribution is -0.908. The van der Waals surface area contributed by atoms with Crippen LogP contribution in [0.2, 0.25) is 0 Å². The third kappa shape index (κ3) is 4.71. The van der Waals surface area contributed by atoms with E-state index in [0.717, 1.165) is 19.6 Å². The number of nitrogens with zero attached hydrogens (tertiary/aromatic N) is 2. The van der Waals surface area contributed by atoms with Crippen molar-refractivity contribution in [2.45, 2.75) is 26.3 Å². The summed E-state index contributed by atoms with van der Waals surface area (Å²) in [5.41, 5.74) is 1.71. The number of likely N-dealkylation sites (tertiary alicyclic amines) is 1. The maximum atomic E-state index is 13.8. The van der Waals surface area contributed by atoms with Crippen LogP contribution in [0, 0.1) is 13.8 Å². The van der Waals surface area contributed by atoms with E-state index in [0.29, 0.717) is 43.0 Å². The number of Topliss-reactive ketones (excluding diaryl/α,β-unsaturated/α-hetero) is 1. The molecule has 0 aromatic carbocycles. The Kier molecular flexibility index (Phi) is 7.32. The number of aromatic amines is 1. The fourth-order valence-electron chi connectivity index (χ4n) is 4.93. The van der Waals surface area contributed by atoms with Crippen molar-refractivity contribution in [1.82, 2.24) is 14.9 Å². The van der Waals surface area contributed by atoms with E-state index in [2.05, 4.69) is 9.97 Å². The zero-order chi connectivity index (χ0) is 25.1. The summed E-state index contributed by atoms with van der Waals surface area (Å²) in [6.45, 7) is 7.70. The van der Waals surface area contributed by atoms with Gasteiger partial charge < -0.3 is 29.4 Å². The van der Waals surface area contributed by atoms with E-state index in [-0.39, 0.29) is 16.8 Å². The Labute approximate surface area is 203 Å². The number of ether oxygens (including phenoxy) is 2. The number of hydrogen-bond acceptors (Lipinski definition) is 7. The first-order valence-corrected chi connectivity index (χ1v) is 11.7. The number of pyridine rings is 1. The van der Waals surface area contributed by atoms with Crippen molar-refractivity contribution in [2.75, 3.05) is 46.5 Å². The largest absolute Gasteiger partial charge is 0.872 e. The van der Waals surface area contributed by atoms with Gasteiger partial charge in [0.15, 0.2) is 0 Å². The number of morpholine rings is 1. The lowest BCUT2D eigenvalue weighted by Gasteiger charge is -2.29. The van der Waals surface area contributed by atoms with Crippen LogP contribution in [-0.2, 0) is 19.1 Å². The number of esters is 1. The number of carbonyl (C=O) groups is 3. The number of carbonyl (C=O) groups excluding carboxylic acids is 3. The highest BCUT2D eigenvalue weighted by atomic mass is 16.5. The van der Waals surface area contributed by atoms with Gasteiger partial charge in [-0.25, -0.2) is 4.79 Å². The average Bonchev–Trinajstić information content (AvgIpc) is 3.31. The normalized spacial score (nSPS) is 20.4. The molecule has 4 heterocycles. The molecule has 0 bridgehead atoms. The number of ketones is 1. The van der Waals surface area contributed by atoms with Gasteiger partial charge in [-0.05, 0) is 42.7 Å². The van der Waals surface area contributed by atoms with Gasteiger partial charge in [-0.15, -0.1) is 0 Å². The van der Waals surface area contributed by atoms with E-state index in [1.165, 1.54) is 16.9 Å². The first-order valence-electron chi connectivity index (χ1n) is 11.7. The maximum absolute atomic E-state index is 13.8. The summed E-state index contributed by atoms with van der Waals surface area (Å²) < 4.78 is 10.2. The van der Waals surface area contributed by atoms with Crippen LogP contribution < -0.4 is 10.0 Å². The summed E-state index contributed by atoms with van der Waals surface area (Å²) >= 11 is 0. The van der Waals surface area contributed by atoms with Crippen LogP contribution in [-0.4, -0.2) is 79.0 Å². The lowest BCUT2D eigenvalue weighted by atomic mass is 9.94. The van der Waals surface area contributed by atoms with Crippen LogP contribution in [0.15, 0.2) is 30.1 Å². The van der Waals surface area contributed by atoms with Gasteiger partial charge in [-0.3, -0.25) is 14.6 Å². The Hall–Kier alpha value is -3.50. The molecule has 35 heavy (non-hydrogen) atoms. The molecule has 1 atom stereocenters. The second-order valence-electron chi connectivity index (χ2n) is 8.84. The topological polar surface area (TPSA) is 129 Å². The Balaban J connectivity index is 1.72. The highest BCUT2D eigenvalue weighted by Crippen LogP contribution is 2.39. The van der Waals surface area contributed by atoms with E-state index < -0.39 is 29.5 Å². The molecule has 2 aromatic rings. The van der Waals surface area contributed by atoms with Gasteiger partial charge in [0.2, 0.25) is 5.78 Å². The number of quaternary nitrogens is 1. The lowest BCUT2D eigenvalue weighted by Crippen LogP contribution is -3.14. The minimum Gasteiger partial charge on any atom is -0.872 e. The van der Waals surface area contributed by atoms with Crippen LogP contribution in [0.4, 0.5) is 0 Å². The molecular weight excluding hydrogens is 452 g/mol. The van der Waals surface area contributed by atoms with Crippen molar-refractivity contribution in [3.05, 3.63) is 58.2 Å². The predicted molar refractivity (Wildman–Crippen MR) is 123 cm³/mol. The molecule has 0 spiro atoms. The minimum absolute atomic E-state index is 0.110.